The van der Waals surface area contributed by atoms with E-state index >= 15 is 0 Å². The van der Waals surface area contributed by atoms with Crippen molar-refractivity contribution in [3.05, 3.63) is 35.8 Å². The van der Waals surface area contributed by atoms with Crippen LogP contribution in [0, 0.1) is 0 Å². The molecule has 1 aromatic carbocycles. The van der Waals surface area contributed by atoms with Gasteiger partial charge in [0.2, 0.25) is 0 Å². The maximum Gasteiger partial charge on any atom is 0.313 e. The quantitative estimate of drug-likeness (QED) is 0.425. The lowest BCUT2D eigenvalue weighted by Crippen LogP contribution is -2.13. The SMILES string of the molecule is CCCCCCn1cc(NC(=O)c2cc(O)cc(O)c2)nc1CC(=O)OCC. The smallest absolute Gasteiger partial charge is 0.313 e. The molecule has 0 aliphatic carbocycles. The summed E-state index contributed by atoms with van der Waals surface area (Å²) in [6.45, 7) is 4.85. The fourth-order valence-corrected chi connectivity index (χ4v) is 2.81. The summed E-state index contributed by atoms with van der Waals surface area (Å²) >= 11 is 0. The number of phenolic OH excluding ortho intramolecular Hbond substituents is 2. The number of amides is 1. The van der Waals surface area contributed by atoms with Gasteiger partial charge >= 0.3 is 5.97 Å². The number of unbranched alkanes of at least 4 members (excludes halogenated alkanes) is 3. The number of ether oxygens (including phenoxy) is 1. The number of phenols is 2. The van der Waals surface area contributed by atoms with Crippen LogP contribution in [0.4, 0.5) is 5.82 Å². The van der Waals surface area contributed by atoms with Gasteiger partial charge in [-0.2, -0.15) is 0 Å². The number of carbonyl (C=O) groups excluding carboxylic acids is 2. The number of benzene rings is 1. The Morgan fingerprint density at radius 2 is 1.82 bits per heavy atom. The summed E-state index contributed by atoms with van der Waals surface area (Å²) in [5.74, 6) is -0.515. The number of aryl methyl sites for hydroxylation is 1. The van der Waals surface area contributed by atoms with Gasteiger partial charge in [0.1, 0.15) is 23.7 Å². The van der Waals surface area contributed by atoms with Gasteiger partial charge in [0, 0.05) is 24.4 Å². The largest absolute Gasteiger partial charge is 0.508 e. The number of nitrogens with one attached hydrogen (secondary N) is 1. The highest BCUT2D eigenvalue weighted by Crippen LogP contribution is 2.21. The van der Waals surface area contributed by atoms with E-state index in [1.165, 1.54) is 12.1 Å². The lowest BCUT2D eigenvalue weighted by molar-refractivity contribution is -0.142. The van der Waals surface area contributed by atoms with Crippen LogP contribution in [0.2, 0.25) is 0 Å². The highest BCUT2D eigenvalue weighted by molar-refractivity contribution is 6.04. The molecule has 0 spiro atoms. The fraction of sp³-hybridized carbons (Fsp3) is 0.450. The average Bonchev–Trinajstić information content (AvgIpc) is 2.99. The van der Waals surface area contributed by atoms with Crippen molar-refractivity contribution in [2.45, 2.75) is 52.5 Å². The Bertz CT molecular complexity index is 796. The lowest BCUT2D eigenvalue weighted by atomic mass is 10.2. The van der Waals surface area contributed by atoms with E-state index in [0.717, 1.165) is 31.7 Å². The first-order chi connectivity index (χ1) is 13.4. The van der Waals surface area contributed by atoms with E-state index in [9.17, 15) is 19.8 Å². The summed E-state index contributed by atoms with van der Waals surface area (Å²) in [7, 11) is 0. The van der Waals surface area contributed by atoms with Gasteiger partial charge in [-0.05, 0) is 25.5 Å². The molecule has 152 valence electrons. The standard InChI is InChI=1S/C20H27N3O5/c1-3-5-6-7-8-23-13-17(21-18(23)12-19(26)28-4-2)22-20(27)14-9-15(24)11-16(25)10-14/h9-11,13,24-25H,3-8,12H2,1-2H3,(H,22,27). The first-order valence-electron chi connectivity index (χ1n) is 9.49. The zero-order valence-corrected chi connectivity index (χ0v) is 16.3. The predicted molar refractivity (Wildman–Crippen MR) is 104 cm³/mol. The molecule has 28 heavy (non-hydrogen) atoms. The number of esters is 1. The molecule has 0 unspecified atom stereocenters. The number of hydrogen-bond donors (Lipinski definition) is 3. The number of carbonyl (C=O) groups is 2. The van der Waals surface area contributed by atoms with Crippen LogP contribution in [0.1, 0.15) is 55.7 Å². The third kappa shape index (κ3) is 6.29. The molecule has 2 rings (SSSR count). The molecule has 3 N–H and O–H groups in total. The molecule has 0 radical (unpaired) electrons. The third-order valence-corrected chi connectivity index (χ3v) is 4.13. The van der Waals surface area contributed by atoms with E-state index in [0.29, 0.717) is 24.8 Å². The number of imidazole rings is 1. The number of hydrogen-bond acceptors (Lipinski definition) is 6. The molecule has 0 bridgehead atoms. The Balaban J connectivity index is 2.14. The van der Waals surface area contributed by atoms with Crippen LogP contribution in [0.25, 0.3) is 0 Å². The Morgan fingerprint density at radius 1 is 1.11 bits per heavy atom. The molecular formula is C20H27N3O5. The second-order valence-corrected chi connectivity index (χ2v) is 6.47. The molecule has 1 amide bonds. The minimum Gasteiger partial charge on any atom is -0.508 e. The van der Waals surface area contributed by atoms with Gasteiger partial charge in [-0.25, -0.2) is 4.98 Å². The minimum absolute atomic E-state index is 0.0183. The highest BCUT2D eigenvalue weighted by atomic mass is 16.5. The second kappa shape index (κ2) is 10.3. The van der Waals surface area contributed by atoms with E-state index in [2.05, 4.69) is 17.2 Å². The third-order valence-electron chi connectivity index (χ3n) is 4.13. The summed E-state index contributed by atoms with van der Waals surface area (Å²) in [6.07, 6.45) is 5.96. The molecule has 1 aromatic heterocycles. The van der Waals surface area contributed by atoms with E-state index in [-0.39, 0.29) is 29.5 Å². The Hall–Kier alpha value is -3.03. The molecule has 1 heterocycles. The van der Waals surface area contributed by atoms with Crippen LogP contribution in [-0.4, -0.2) is 38.2 Å². The van der Waals surface area contributed by atoms with Gasteiger partial charge in [-0.3, -0.25) is 9.59 Å². The summed E-state index contributed by atoms with van der Waals surface area (Å²) < 4.78 is 6.84. The molecule has 8 heteroatoms. The van der Waals surface area contributed by atoms with Crippen LogP contribution in [0.5, 0.6) is 11.5 Å². The van der Waals surface area contributed by atoms with Crippen LogP contribution in [0.3, 0.4) is 0 Å². The van der Waals surface area contributed by atoms with Gasteiger partial charge < -0.3 is 24.8 Å². The molecule has 0 fully saturated rings. The van der Waals surface area contributed by atoms with Crippen molar-refractivity contribution < 1.29 is 24.5 Å². The van der Waals surface area contributed by atoms with E-state index < -0.39 is 5.91 Å². The molecule has 8 nitrogen and oxygen atoms in total. The molecule has 0 aliphatic rings. The van der Waals surface area contributed by atoms with Crippen LogP contribution >= 0.6 is 0 Å². The number of anilines is 1. The zero-order chi connectivity index (χ0) is 20.5. The van der Waals surface area contributed by atoms with E-state index in [1.54, 1.807) is 13.1 Å². The van der Waals surface area contributed by atoms with Crippen molar-refractivity contribution in [2.24, 2.45) is 0 Å². The van der Waals surface area contributed by atoms with Gasteiger partial charge in [-0.15, -0.1) is 0 Å². The summed E-state index contributed by atoms with van der Waals surface area (Å²) in [5.41, 5.74) is 0.0990. The highest BCUT2D eigenvalue weighted by Gasteiger charge is 2.16. The molecule has 0 aliphatic heterocycles. The Morgan fingerprint density at radius 3 is 2.46 bits per heavy atom. The van der Waals surface area contributed by atoms with Crippen molar-refractivity contribution in [3.63, 3.8) is 0 Å². The monoisotopic (exact) mass is 389 g/mol. The summed E-state index contributed by atoms with van der Waals surface area (Å²) in [4.78, 5) is 28.6. The van der Waals surface area contributed by atoms with E-state index in [4.69, 9.17) is 4.74 Å². The molecule has 0 atom stereocenters. The van der Waals surface area contributed by atoms with Crippen LogP contribution in [-0.2, 0) is 22.5 Å². The average molecular weight is 389 g/mol. The maximum absolute atomic E-state index is 12.4. The maximum atomic E-state index is 12.4. The first-order valence-corrected chi connectivity index (χ1v) is 9.49. The summed E-state index contributed by atoms with van der Waals surface area (Å²) in [6, 6.07) is 3.63. The van der Waals surface area contributed by atoms with Gasteiger partial charge in [0.15, 0.2) is 5.82 Å². The summed E-state index contributed by atoms with van der Waals surface area (Å²) in [5, 5.41) is 21.7. The van der Waals surface area contributed by atoms with Crippen molar-refractivity contribution in [3.8, 4) is 11.5 Å². The first kappa shape index (κ1) is 21.3. The molecule has 2 aromatic rings. The van der Waals surface area contributed by atoms with Gasteiger partial charge in [-0.1, -0.05) is 26.2 Å². The van der Waals surface area contributed by atoms with Crippen LogP contribution < -0.4 is 5.32 Å². The van der Waals surface area contributed by atoms with Crippen LogP contribution in [0.15, 0.2) is 24.4 Å². The number of aromatic nitrogens is 2. The number of aromatic hydroxyl groups is 2. The Labute approximate surface area is 164 Å². The Kier molecular flexibility index (Phi) is 7.86. The molecule has 0 saturated carbocycles. The molecular weight excluding hydrogens is 362 g/mol. The number of rotatable bonds is 10. The second-order valence-electron chi connectivity index (χ2n) is 6.47. The normalized spacial score (nSPS) is 10.6. The van der Waals surface area contributed by atoms with Crippen molar-refractivity contribution in [2.75, 3.05) is 11.9 Å². The number of nitrogens with zero attached hydrogens (tertiary/aromatic N) is 2. The van der Waals surface area contributed by atoms with Crippen molar-refractivity contribution in [1.82, 2.24) is 9.55 Å². The molecule has 0 saturated heterocycles. The minimum atomic E-state index is -0.524. The van der Waals surface area contributed by atoms with Gasteiger partial charge in [0.25, 0.3) is 5.91 Å². The van der Waals surface area contributed by atoms with Gasteiger partial charge in [0.05, 0.1) is 6.61 Å². The zero-order valence-electron chi connectivity index (χ0n) is 16.3. The van der Waals surface area contributed by atoms with Crippen molar-refractivity contribution >= 4 is 17.7 Å². The van der Waals surface area contributed by atoms with E-state index in [1.807, 2.05) is 4.57 Å². The lowest BCUT2D eigenvalue weighted by Gasteiger charge is -2.07. The predicted octanol–water partition coefficient (Wildman–Crippen LogP) is 3.23. The topological polar surface area (TPSA) is 114 Å². The fourth-order valence-electron chi connectivity index (χ4n) is 2.81. The van der Waals surface area contributed by atoms with Crippen molar-refractivity contribution in [1.29, 1.82) is 0 Å².